The number of hydrogen-bond acceptors (Lipinski definition) is 4. The molecule has 6 heteroatoms. The normalized spacial score (nSPS) is 11.4. The lowest BCUT2D eigenvalue weighted by molar-refractivity contribution is -0.120. The molecule has 6 nitrogen and oxygen atoms in total. The fourth-order valence-electron chi connectivity index (χ4n) is 4.48. The number of carbonyl (C=O) groups is 1. The maximum absolute atomic E-state index is 11.2. The van der Waals surface area contributed by atoms with Crippen molar-refractivity contribution in [3.63, 3.8) is 0 Å². The van der Waals surface area contributed by atoms with E-state index in [1.54, 1.807) is 7.05 Å². The number of fused-ring (bicyclic) bond motifs is 3. The van der Waals surface area contributed by atoms with Gasteiger partial charge in [-0.05, 0) is 25.3 Å². The molecule has 0 aliphatic heterocycles. The minimum Gasteiger partial charge on any atom is -0.382 e. The third-order valence-electron chi connectivity index (χ3n) is 6.23. The number of hydrogen-bond donors (Lipinski definition) is 2. The van der Waals surface area contributed by atoms with Crippen LogP contribution in [0.3, 0.4) is 0 Å². The van der Waals surface area contributed by atoms with Crippen molar-refractivity contribution >= 4 is 33.7 Å². The van der Waals surface area contributed by atoms with Crippen LogP contribution in [0.4, 0.5) is 5.82 Å². The molecular weight excluding hydrogens is 398 g/mol. The molecule has 0 radical (unpaired) electrons. The highest BCUT2D eigenvalue weighted by Gasteiger charge is 2.16. The Morgan fingerprint density at radius 2 is 1.62 bits per heavy atom. The molecule has 0 fully saturated rings. The number of carbonyl (C=O) groups excluding carboxylic acids is 1. The summed E-state index contributed by atoms with van der Waals surface area (Å²) in [6.45, 7) is 3.18. The molecule has 1 aromatic carbocycles. The number of aromatic nitrogens is 3. The zero-order valence-corrected chi connectivity index (χ0v) is 19.8. The molecule has 3 N–H and O–H groups in total. The van der Waals surface area contributed by atoms with Crippen molar-refractivity contribution in [1.82, 2.24) is 19.9 Å². The van der Waals surface area contributed by atoms with Gasteiger partial charge >= 0.3 is 0 Å². The van der Waals surface area contributed by atoms with E-state index < -0.39 is 0 Å². The Morgan fingerprint density at radius 3 is 2.31 bits per heavy atom. The zero-order chi connectivity index (χ0) is 22.8. The van der Waals surface area contributed by atoms with Crippen LogP contribution in [0.5, 0.6) is 0 Å². The summed E-state index contributed by atoms with van der Waals surface area (Å²) >= 11 is 0. The molecule has 2 aromatic heterocycles. The van der Waals surface area contributed by atoms with Crippen LogP contribution in [-0.4, -0.2) is 27.5 Å². The van der Waals surface area contributed by atoms with E-state index >= 15 is 0 Å². The molecule has 0 aliphatic carbocycles. The molecule has 3 rings (SSSR count). The van der Waals surface area contributed by atoms with Crippen molar-refractivity contribution in [2.75, 3.05) is 12.8 Å². The summed E-state index contributed by atoms with van der Waals surface area (Å²) in [6.07, 6.45) is 13.6. The summed E-state index contributed by atoms with van der Waals surface area (Å²) in [5.74, 6) is 1.82. The van der Waals surface area contributed by atoms with Crippen LogP contribution in [0.25, 0.3) is 21.9 Å². The second-order valence-corrected chi connectivity index (χ2v) is 8.75. The fraction of sp³-hybridized carbons (Fsp3) is 0.577. The van der Waals surface area contributed by atoms with Gasteiger partial charge in [0.05, 0.1) is 11.0 Å². The van der Waals surface area contributed by atoms with Gasteiger partial charge in [-0.15, -0.1) is 0 Å². The summed E-state index contributed by atoms with van der Waals surface area (Å²) < 4.78 is 2.39. The number of nitrogens with two attached hydrogens (primary N) is 1. The molecular formula is C26H39N5O. The molecule has 1 amide bonds. The van der Waals surface area contributed by atoms with Gasteiger partial charge in [-0.25, -0.2) is 9.97 Å². The van der Waals surface area contributed by atoms with E-state index in [9.17, 15) is 4.79 Å². The van der Waals surface area contributed by atoms with Crippen molar-refractivity contribution in [1.29, 1.82) is 0 Å². The maximum Gasteiger partial charge on any atom is 0.219 e. The lowest BCUT2D eigenvalue weighted by atomic mass is 10.1. The smallest absolute Gasteiger partial charge is 0.219 e. The van der Waals surface area contributed by atoms with E-state index in [4.69, 9.17) is 10.7 Å². The Hall–Kier alpha value is -2.63. The molecule has 0 aliphatic rings. The van der Waals surface area contributed by atoms with Crippen LogP contribution in [0, 0.1) is 0 Å². The standard InChI is InChI=1S/C26H39N5O/c1-3-15-22-30-24-25(20-16-12-13-17-21(20)29-26(24)27)31(22)19-14-10-8-6-4-5-7-9-11-18-23(32)28-2/h12-13,16-17H,3-11,14-15,18-19H2,1-2H3,(H2,27,29)(H,28,32). The van der Waals surface area contributed by atoms with Crippen LogP contribution in [0.2, 0.25) is 0 Å². The van der Waals surface area contributed by atoms with Gasteiger partial charge in [0.25, 0.3) is 0 Å². The number of anilines is 1. The van der Waals surface area contributed by atoms with Crippen molar-refractivity contribution in [2.45, 2.75) is 90.5 Å². The second-order valence-electron chi connectivity index (χ2n) is 8.75. The number of unbranched alkanes of at least 4 members (excludes halogenated alkanes) is 8. The van der Waals surface area contributed by atoms with E-state index in [1.807, 2.05) is 12.1 Å². The average Bonchev–Trinajstić information content (AvgIpc) is 3.16. The quantitative estimate of drug-likeness (QED) is 0.314. The predicted molar refractivity (Wildman–Crippen MR) is 134 cm³/mol. The third kappa shape index (κ3) is 6.21. The van der Waals surface area contributed by atoms with Crippen molar-refractivity contribution in [3.8, 4) is 0 Å². The second kappa shape index (κ2) is 12.4. The van der Waals surface area contributed by atoms with Gasteiger partial charge in [0.1, 0.15) is 11.3 Å². The number of nitrogens with zero attached hydrogens (tertiary/aromatic N) is 3. The Labute approximate surface area is 192 Å². The highest BCUT2D eigenvalue weighted by atomic mass is 16.1. The Morgan fingerprint density at radius 1 is 0.969 bits per heavy atom. The number of imidazole rings is 1. The van der Waals surface area contributed by atoms with E-state index in [-0.39, 0.29) is 5.91 Å². The minimum absolute atomic E-state index is 0.157. The topological polar surface area (TPSA) is 85.8 Å². The van der Waals surface area contributed by atoms with E-state index in [1.165, 1.54) is 38.5 Å². The first-order valence-corrected chi connectivity index (χ1v) is 12.4. The summed E-state index contributed by atoms with van der Waals surface area (Å²) in [6, 6.07) is 8.23. The monoisotopic (exact) mass is 437 g/mol. The predicted octanol–water partition coefficient (Wildman–Crippen LogP) is 5.77. The number of nitrogen functional groups attached to an aromatic ring is 1. The summed E-state index contributed by atoms with van der Waals surface area (Å²) in [5, 5.41) is 3.83. The molecule has 2 heterocycles. The molecule has 0 bridgehead atoms. The zero-order valence-electron chi connectivity index (χ0n) is 19.8. The van der Waals surface area contributed by atoms with Crippen LogP contribution < -0.4 is 11.1 Å². The van der Waals surface area contributed by atoms with Crippen molar-refractivity contribution in [3.05, 3.63) is 30.1 Å². The van der Waals surface area contributed by atoms with Gasteiger partial charge in [0.15, 0.2) is 5.82 Å². The molecule has 0 spiro atoms. The highest BCUT2D eigenvalue weighted by Crippen LogP contribution is 2.29. The Balaban J connectivity index is 1.49. The number of pyridine rings is 1. The number of amides is 1. The fourth-order valence-corrected chi connectivity index (χ4v) is 4.48. The number of rotatable bonds is 14. The van der Waals surface area contributed by atoms with E-state index in [2.05, 4.69) is 33.9 Å². The number of aryl methyl sites for hydroxylation is 2. The van der Waals surface area contributed by atoms with Crippen LogP contribution >= 0.6 is 0 Å². The van der Waals surface area contributed by atoms with Crippen LogP contribution in [-0.2, 0) is 17.8 Å². The van der Waals surface area contributed by atoms with Gasteiger partial charge < -0.3 is 15.6 Å². The molecule has 174 valence electrons. The molecule has 0 saturated heterocycles. The molecule has 3 aromatic rings. The summed E-state index contributed by atoms with van der Waals surface area (Å²) in [7, 11) is 1.71. The van der Waals surface area contributed by atoms with Crippen molar-refractivity contribution < 1.29 is 4.79 Å². The number of benzene rings is 1. The summed E-state index contributed by atoms with van der Waals surface area (Å²) in [4.78, 5) is 20.7. The first-order valence-electron chi connectivity index (χ1n) is 12.4. The van der Waals surface area contributed by atoms with Gasteiger partial charge in [0, 0.05) is 31.8 Å². The maximum atomic E-state index is 11.2. The Bertz CT molecular complexity index is 1010. The third-order valence-corrected chi connectivity index (χ3v) is 6.23. The lowest BCUT2D eigenvalue weighted by Gasteiger charge is -2.11. The van der Waals surface area contributed by atoms with Gasteiger partial charge in [0.2, 0.25) is 5.91 Å². The van der Waals surface area contributed by atoms with Gasteiger partial charge in [-0.2, -0.15) is 0 Å². The van der Waals surface area contributed by atoms with Crippen LogP contribution in [0.15, 0.2) is 24.3 Å². The molecule has 0 atom stereocenters. The average molecular weight is 438 g/mol. The van der Waals surface area contributed by atoms with E-state index in [0.29, 0.717) is 12.2 Å². The largest absolute Gasteiger partial charge is 0.382 e. The minimum atomic E-state index is 0.157. The first kappa shape index (κ1) is 24.0. The first-order chi connectivity index (χ1) is 15.7. The Kier molecular flexibility index (Phi) is 9.32. The van der Waals surface area contributed by atoms with Crippen molar-refractivity contribution in [2.24, 2.45) is 0 Å². The molecule has 0 saturated carbocycles. The van der Waals surface area contributed by atoms with E-state index in [0.717, 1.165) is 66.4 Å². The molecule has 32 heavy (non-hydrogen) atoms. The summed E-state index contributed by atoms with van der Waals surface area (Å²) in [5.41, 5.74) is 9.21. The molecule has 0 unspecified atom stereocenters. The van der Waals surface area contributed by atoms with Gasteiger partial charge in [-0.1, -0.05) is 70.1 Å². The highest BCUT2D eigenvalue weighted by molar-refractivity contribution is 6.06. The van der Waals surface area contributed by atoms with Crippen LogP contribution in [0.1, 0.15) is 83.4 Å². The lowest BCUT2D eigenvalue weighted by Crippen LogP contribution is -2.16. The number of nitrogens with one attached hydrogen (secondary N) is 1. The SMILES string of the molecule is CCCc1nc2c(N)nc3ccccc3c2n1CCCCCCCCCCCC(=O)NC. The number of para-hydroxylation sites is 1. The van der Waals surface area contributed by atoms with Gasteiger partial charge in [-0.3, -0.25) is 4.79 Å².